The molecule has 0 spiro atoms. The highest BCUT2D eigenvalue weighted by Gasteiger charge is 2.32. The second-order valence-corrected chi connectivity index (χ2v) is 12.1. The molecule has 6 rings (SSSR count). The van der Waals surface area contributed by atoms with E-state index in [2.05, 4.69) is 15.0 Å². The van der Waals surface area contributed by atoms with Crippen molar-refractivity contribution in [1.29, 1.82) is 0 Å². The number of ether oxygens (including phenoxy) is 2. The van der Waals surface area contributed by atoms with E-state index in [0.29, 0.717) is 23.5 Å². The summed E-state index contributed by atoms with van der Waals surface area (Å²) in [6.07, 6.45) is 2.59. The van der Waals surface area contributed by atoms with Gasteiger partial charge in [-0.05, 0) is 49.1 Å². The summed E-state index contributed by atoms with van der Waals surface area (Å²) < 4.78 is 44.5. The first kappa shape index (κ1) is 32.5. The number of pyridine rings is 2. The maximum absolute atomic E-state index is 17.1. The lowest BCUT2D eigenvalue weighted by molar-refractivity contribution is 0.0898. The van der Waals surface area contributed by atoms with Crippen molar-refractivity contribution in [1.82, 2.24) is 24.4 Å². The van der Waals surface area contributed by atoms with Gasteiger partial charge < -0.3 is 19.3 Å². The predicted molar refractivity (Wildman–Crippen MR) is 179 cm³/mol. The van der Waals surface area contributed by atoms with E-state index in [1.54, 1.807) is 17.2 Å². The molecule has 2 aromatic carbocycles. The fourth-order valence-corrected chi connectivity index (χ4v) is 6.19. The molecule has 0 unspecified atom stereocenters. The lowest BCUT2D eigenvalue weighted by atomic mass is 10.0. The Labute approximate surface area is 276 Å². The number of hydrogen-bond acceptors (Lipinski definition) is 8. The van der Waals surface area contributed by atoms with E-state index >= 15 is 8.78 Å². The lowest BCUT2D eigenvalue weighted by Gasteiger charge is -2.40. The number of fused-ring (bicyclic) bond motifs is 1. The number of anilines is 1. The highest BCUT2D eigenvalue weighted by atomic mass is 19.1. The highest BCUT2D eigenvalue weighted by molar-refractivity contribution is 5.93. The molecule has 5 aromatic rings. The van der Waals surface area contributed by atoms with E-state index in [4.69, 9.17) is 9.47 Å². The van der Waals surface area contributed by atoms with Crippen LogP contribution in [0, 0.1) is 18.6 Å². The standard InChI is InChI=1S/C36H36F2N6O4/c1-21(2)30-32(22(3)14-15-39-30)44-33-25(18-40-31(29(33)38)28-26(37)12-9-13-27(28)47-5)34(41-35(44)45)43-17-16-42(19-23(43)4)36(46)48-20-24-10-7-6-8-11-24/h6-15,18,21,23H,16-17,19-20H2,1-5H3/t23-/m0/s1. The summed E-state index contributed by atoms with van der Waals surface area (Å²) in [5.74, 6) is -1.46. The first-order valence-electron chi connectivity index (χ1n) is 15.7. The normalized spacial score (nSPS) is 14.9. The molecule has 1 aliphatic rings. The summed E-state index contributed by atoms with van der Waals surface area (Å²) >= 11 is 0. The van der Waals surface area contributed by atoms with Crippen molar-refractivity contribution in [3.8, 4) is 22.7 Å². The topological polar surface area (TPSA) is 103 Å². The van der Waals surface area contributed by atoms with Crippen LogP contribution in [0.4, 0.5) is 19.4 Å². The summed E-state index contributed by atoms with van der Waals surface area (Å²) in [5.41, 5.74) is 1.21. The van der Waals surface area contributed by atoms with Crippen LogP contribution in [0.25, 0.3) is 27.8 Å². The summed E-state index contributed by atoms with van der Waals surface area (Å²) in [7, 11) is 1.36. The van der Waals surface area contributed by atoms with Crippen LogP contribution in [0.5, 0.6) is 5.75 Å². The average molecular weight is 655 g/mol. The number of aromatic nitrogens is 4. The van der Waals surface area contributed by atoms with Gasteiger partial charge in [-0.1, -0.05) is 50.2 Å². The Morgan fingerprint density at radius 2 is 1.81 bits per heavy atom. The Bertz CT molecular complexity index is 2050. The Hall–Kier alpha value is -5.39. The third-order valence-corrected chi connectivity index (χ3v) is 8.57. The molecular formula is C36H36F2N6O4. The van der Waals surface area contributed by atoms with Gasteiger partial charge in [-0.15, -0.1) is 0 Å². The smallest absolute Gasteiger partial charge is 0.410 e. The maximum Gasteiger partial charge on any atom is 0.410 e. The molecule has 1 saturated heterocycles. The van der Waals surface area contributed by atoms with Gasteiger partial charge in [0.05, 0.1) is 29.4 Å². The molecule has 1 fully saturated rings. The number of hydrogen-bond donors (Lipinski definition) is 0. The van der Waals surface area contributed by atoms with Crippen molar-refractivity contribution in [3.05, 3.63) is 106 Å². The van der Waals surface area contributed by atoms with Crippen LogP contribution in [0.15, 0.2) is 71.8 Å². The van der Waals surface area contributed by atoms with Crippen LogP contribution in [-0.2, 0) is 11.3 Å². The molecule has 1 atom stereocenters. The van der Waals surface area contributed by atoms with E-state index in [-0.39, 0.29) is 65.4 Å². The van der Waals surface area contributed by atoms with Gasteiger partial charge in [0.25, 0.3) is 0 Å². The summed E-state index contributed by atoms with van der Waals surface area (Å²) in [6.45, 7) is 8.56. The minimum absolute atomic E-state index is 0.0910. The largest absolute Gasteiger partial charge is 0.496 e. The van der Waals surface area contributed by atoms with Crippen molar-refractivity contribution < 1.29 is 23.0 Å². The quantitative estimate of drug-likeness (QED) is 0.199. The number of halogens is 2. The minimum atomic E-state index is -0.912. The highest BCUT2D eigenvalue weighted by Crippen LogP contribution is 2.38. The molecule has 10 nitrogen and oxygen atoms in total. The minimum Gasteiger partial charge on any atom is -0.496 e. The second-order valence-electron chi connectivity index (χ2n) is 12.1. The van der Waals surface area contributed by atoms with Gasteiger partial charge >= 0.3 is 11.8 Å². The van der Waals surface area contributed by atoms with Gasteiger partial charge in [-0.2, -0.15) is 4.98 Å². The molecule has 1 aliphatic heterocycles. The van der Waals surface area contributed by atoms with Crippen molar-refractivity contribution in [2.45, 2.75) is 46.3 Å². The van der Waals surface area contributed by atoms with Gasteiger partial charge in [0.2, 0.25) is 0 Å². The van der Waals surface area contributed by atoms with E-state index in [0.717, 1.165) is 5.56 Å². The number of methoxy groups -OCH3 is 1. The van der Waals surface area contributed by atoms with Crippen LogP contribution in [0.2, 0.25) is 0 Å². The molecule has 0 bridgehead atoms. The van der Waals surface area contributed by atoms with E-state index in [1.165, 1.54) is 36.1 Å². The van der Waals surface area contributed by atoms with Gasteiger partial charge in [0.1, 0.15) is 35.2 Å². The summed E-state index contributed by atoms with van der Waals surface area (Å²) in [6, 6.07) is 15.0. The van der Waals surface area contributed by atoms with Crippen LogP contribution in [0.1, 0.15) is 43.5 Å². The number of amides is 1. The first-order chi connectivity index (χ1) is 23.1. The molecule has 0 aliphatic carbocycles. The summed E-state index contributed by atoms with van der Waals surface area (Å²) in [5, 5.41) is 0.246. The van der Waals surface area contributed by atoms with Crippen LogP contribution >= 0.6 is 0 Å². The Morgan fingerprint density at radius 1 is 1.04 bits per heavy atom. The molecule has 48 heavy (non-hydrogen) atoms. The molecule has 0 N–H and O–H groups in total. The predicted octanol–water partition coefficient (Wildman–Crippen LogP) is 6.41. The zero-order valence-corrected chi connectivity index (χ0v) is 27.4. The molecule has 4 heterocycles. The monoisotopic (exact) mass is 654 g/mol. The maximum atomic E-state index is 17.1. The lowest BCUT2D eigenvalue weighted by Crippen LogP contribution is -2.54. The first-order valence-corrected chi connectivity index (χ1v) is 15.7. The SMILES string of the molecule is COc1cccc(F)c1-c1ncc2c(N3CCN(C(=O)OCc4ccccc4)C[C@@H]3C)nc(=O)n(-c3c(C)ccnc3C(C)C)c2c1F. The number of rotatable bonds is 7. The van der Waals surface area contributed by atoms with E-state index in [1.807, 2.05) is 62.9 Å². The Morgan fingerprint density at radius 3 is 2.52 bits per heavy atom. The van der Waals surface area contributed by atoms with E-state index < -0.39 is 23.4 Å². The average Bonchev–Trinajstić information content (AvgIpc) is 3.08. The molecular weight excluding hydrogens is 618 g/mol. The molecule has 0 saturated carbocycles. The number of carbonyl (C=O) groups excluding carboxylic acids is 1. The molecule has 0 radical (unpaired) electrons. The van der Waals surface area contributed by atoms with Gasteiger partial charge in [-0.25, -0.2) is 18.4 Å². The van der Waals surface area contributed by atoms with Crippen molar-refractivity contribution in [2.24, 2.45) is 0 Å². The molecule has 248 valence electrons. The van der Waals surface area contributed by atoms with Crippen molar-refractivity contribution in [3.63, 3.8) is 0 Å². The zero-order valence-electron chi connectivity index (χ0n) is 27.4. The third-order valence-electron chi connectivity index (χ3n) is 8.57. The van der Waals surface area contributed by atoms with Gasteiger partial charge in [-0.3, -0.25) is 14.5 Å². The van der Waals surface area contributed by atoms with Gasteiger partial charge in [0, 0.05) is 38.1 Å². The number of nitrogens with zero attached hydrogens (tertiary/aromatic N) is 6. The Balaban J connectivity index is 1.47. The van der Waals surface area contributed by atoms with Crippen LogP contribution in [-0.4, -0.2) is 63.3 Å². The van der Waals surface area contributed by atoms with Crippen LogP contribution in [0.3, 0.4) is 0 Å². The zero-order chi connectivity index (χ0) is 34.1. The fraction of sp³-hybridized carbons (Fsp3) is 0.306. The second kappa shape index (κ2) is 13.4. The molecule has 3 aromatic heterocycles. The van der Waals surface area contributed by atoms with Crippen molar-refractivity contribution >= 4 is 22.8 Å². The number of piperazine rings is 1. The van der Waals surface area contributed by atoms with Gasteiger partial charge in [0.15, 0.2) is 5.82 Å². The molecule has 1 amide bonds. The number of benzene rings is 2. The van der Waals surface area contributed by atoms with Crippen LogP contribution < -0.4 is 15.3 Å². The third kappa shape index (κ3) is 5.94. The number of carbonyl (C=O) groups is 1. The fourth-order valence-electron chi connectivity index (χ4n) is 6.19. The molecule has 12 heteroatoms. The summed E-state index contributed by atoms with van der Waals surface area (Å²) in [4.78, 5) is 44.0. The van der Waals surface area contributed by atoms with Crippen molar-refractivity contribution in [2.75, 3.05) is 31.6 Å². The number of aryl methyl sites for hydroxylation is 1. The Kier molecular flexibility index (Phi) is 9.07. The van der Waals surface area contributed by atoms with E-state index in [9.17, 15) is 9.59 Å².